The van der Waals surface area contributed by atoms with Crippen molar-refractivity contribution >= 4 is 0 Å². The summed E-state index contributed by atoms with van der Waals surface area (Å²) >= 11 is 0. The minimum atomic E-state index is 0.637. The summed E-state index contributed by atoms with van der Waals surface area (Å²) in [6.07, 6.45) is 3.94. The number of rotatable bonds is 0. The molecule has 1 aliphatic rings. The molecule has 0 aromatic carbocycles. The second kappa shape index (κ2) is 3.09. The highest BCUT2D eigenvalue weighted by Crippen LogP contribution is 2.19. The van der Waals surface area contributed by atoms with E-state index < -0.39 is 0 Å². The number of hydrogen-bond acceptors (Lipinski definition) is 1. The Balaban J connectivity index is 2.49. The first-order chi connectivity index (χ1) is 4.70. The van der Waals surface area contributed by atoms with Crippen molar-refractivity contribution in [3.63, 3.8) is 0 Å². The van der Waals surface area contributed by atoms with E-state index in [1.54, 1.807) is 0 Å². The summed E-state index contributed by atoms with van der Waals surface area (Å²) in [5.74, 6) is 0.671. The SMILES string of the molecule is C=C1NC(C)CCCC1C. The predicted octanol–water partition coefficient (Wildman–Crippen LogP) is 2.30. The van der Waals surface area contributed by atoms with Crippen LogP contribution < -0.4 is 5.32 Å². The molecule has 0 spiro atoms. The summed E-state index contributed by atoms with van der Waals surface area (Å²) in [6.45, 7) is 8.46. The topological polar surface area (TPSA) is 12.0 Å². The van der Waals surface area contributed by atoms with Crippen LogP contribution in [0.25, 0.3) is 0 Å². The van der Waals surface area contributed by atoms with Crippen LogP contribution in [0.5, 0.6) is 0 Å². The van der Waals surface area contributed by atoms with Gasteiger partial charge in [-0.3, -0.25) is 0 Å². The maximum atomic E-state index is 3.99. The largest absolute Gasteiger partial charge is 0.386 e. The second-order valence-corrected chi connectivity index (χ2v) is 3.40. The molecule has 1 N–H and O–H groups in total. The fourth-order valence-electron chi connectivity index (χ4n) is 1.44. The molecule has 0 aromatic heterocycles. The molecule has 1 fully saturated rings. The second-order valence-electron chi connectivity index (χ2n) is 3.40. The summed E-state index contributed by atoms with van der Waals surface area (Å²) in [7, 11) is 0. The first kappa shape index (κ1) is 7.64. The molecule has 2 unspecified atom stereocenters. The molecule has 10 heavy (non-hydrogen) atoms. The lowest BCUT2D eigenvalue weighted by Crippen LogP contribution is -2.24. The maximum Gasteiger partial charge on any atom is 0.0229 e. The summed E-state index contributed by atoms with van der Waals surface area (Å²) in [5, 5.41) is 3.40. The third kappa shape index (κ3) is 1.76. The molecule has 0 amide bonds. The van der Waals surface area contributed by atoms with Crippen molar-refractivity contribution in [3.05, 3.63) is 12.3 Å². The lowest BCUT2D eigenvalue weighted by molar-refractivity contribution is 0.578. The standard InChI is InChI=1S/C9H17N/c1-7-5-4-6-8(2)10-9(7)3/h7-8,10H,3-6H2,1-2H3. The minimum absolute atomic E-state index is 0.637. The van der Waals surface area contributed by atoms with E-state index in [2.05, 4.69) is 25.7 Å². The molecule has 0 aliphatic carbocycles. The van der Waals surface area contributed by atoms with Gasteiger partial charge in [-0.25, -0.2) is 0 Å². The van der Waals surface area contributed by atoms with Crippen LogP contribution in [-0.4, -0.2) is 6.04 Å². The van der Waals surface area contributed by atoms with Gasteiger partial charge in [-0.2, -0.15) is 0 Å². The average Bonchev–Trinajstić information content (AvgIpc) is 1.96. The number of hydrogen-bond donors (Lipinski definition) is 1. The lowest BCUT2D eigenvalue weighted by Gasteiger charge is -2.14. The van der Waals surface area contributed by atoms with Gasteiger partial charge in [0, 0.05) is 11.7 Å². The van der Waals surface area contributed by atoms with E-state index in [4.69, 9.17) is 0 Å². The molecule has 1 nitrogen and oxygen atoms in total. The number of allylic oxidation sites excluding steroid dienone is 1. The zero-order valence-corrected chi connectivity index (χ0v) is 6.98. The van der Waals surface area contributed by atoms with E-state index in [-0.39, 0.29) is 0 Å². The molecule has 0 aromatic rings. The molecule has 2 atom stereocenters. The van der Waals surface area contributed by atoms with Gasteiger partial charge in [0.05, 0.1) is 0 Å². The fraction of sp³-hybridized carbons (Fsp3) is 0.778. The first-order valence-electron chi connectivity index (χ1n) is 4.15. The van der Waals surface area contributed by atoms with Gasteiger partial charge in [0.15, 0.2) is 0 Å². The van der Waals surface area contributed by atoms with Crippen molar-refractivity contribution < 1.29 is 0 Å². The van der Waals surface area contributed by atoms with Crippen LogP contribution in [0.3, 0.4) is 0 Å². The quantitative estimate of drug-likeness (QED) is 0.543. The average molecular weight is 139 g/mol. The highest BCUT2D eigenvalue weighted by Gasteiger charge is 2.13. The van der Waals surface area contributed by atoms with Gasteiger partial charge >= 0.3 is 0 Å². The maximum absolute atomic E-state index is 3.99. The van der Waals surface area contributed by atoms with Gasteiger partial charge < -0.3 is 5.32 Å². The van der Waals surface area contributed by atoms with Crippen molar-refractivity contribution in [1.29, 1.82) is 0 Å². The predicted molar refractivity (Wildman–Crippen MR) is 44.8 cm³/mol. The third-order valence-corrected chi connectivity index (χ3v) is 2.30. The molecule has 1 saturated heterocycles. The van der Waals surface area contributed by atoms with Gasteiger partial charge in [0.25, 0.3) is 0 Å². The van der Waals surface area contributed by atoms with Crippen molar-refractivity contribution in [2.24, 2.45) is 5.92 Å². The minimum Gasteiger partial charge on any atom is -0.386 e. The summed E-state index contributed by atoms with van der Waals surface area (Å²) < 4.78 is 0. The van der Waals surface area contributed by atoms with Crippen LogP contribution in [0.1, 0.15) is 33.1 Å². The van der Waals surface area contributed by atoms with Crippen molar-refractivity contribution in [2.75, 3.05) is 0 Å². The van der Waals surface area contributed by atoms with Crippen molar-refractivity contribution in [3.8, 4) is 0 Å². The highest BCUT2D eigenvalue weighted by atomic mass is 14.9. The summed E-state index contributed by atoms with van der Waals surface area (Å²) in [5.41, 5.74) is 1.23. The van der Waals surface area contributed by atoms with Gasteiger partial charge in [0.2, 0.25) is 0 Å². The molecule has 1 aliphatic heterocycles. The van der Waals surface area contributed by atoms with E-state index in [1.807, 2.05) is 0 Å². The Labute approximate surface area is 63.5 Å². The molecule has 0 saturated carbocycles. The Bertz CT molecular complexity index is 129. The normalized spacial score (nSPS) is 34.8. The van der Waals surface area contributed by atoms with E-state index in [9.17, 15) is 0 Å². The molecule has 1 heteroatoms. The van der Waals surface area contributed by atoms with Gasteiger partial charge in [0.1, 0.15) is 0 Å². The van der Waals surface area contributed by atoms with Gasteiger partial charge in [-0.15, -0.1) is 0 Å². The van der Waals surface area contributed by atoms with E-state index >= 15 is 0 Å². The van der Waals surface area contributed by atoms with Crippen LogP contribution in [0.2, 0.25) is 0 Å². The Morgan fingerprint density at radius 1 is 1.40 bits per heavy atom. The highest BCUT2D eigenvalue weighted by molar-refractivity contribution is 4.99. The van der Waals surface area contributed by atoms with E-state index in [0.29, 0.717) is 12.0 Å². The summed E-state index contributed by atoms with van der Waals surface area (Å²) in [6, 6.07) is 0.637. The van der Waals surface area contributed by atoms with Crippen LogP contribution >= 0.6 is 0 Å². The van der Waals surface area contributed by atoms with E-state index in [0.717, 1.165) is 0 Å². The fourth-order valence-corrected chi connectivity index (χ4v) is 1.44. The zero-order valence-electron chi connectivity index (χ0n) is 6.98. The summed E-state index contributed by atoms with van der Waals surface area (Å²) in [4.78, 5) is 0. The Hall–Kier alpha value is -0.460. The van der Waals surface area contributed by atoms with Crippen LogP contribution in [-0.2, 0) is 0 Å². The van der Waals surface area contributed by atoms with E-state index in [1.165, 1.54) is 25.0 Å². The van der Waals surface area contributed by atoms with Crippen molar-refractivity contribution in [2.45, 2.75) is 39.2 Å². The van der Waals surface area contributed by atoms with Gasteiger partial charge in [-0.05, 0) is 25.7 Å². The molecular formula is C9H17N. The third-order valence-electron chi connectivity index (χ3n) is 2.30. The monoisotopic (exact) mass is 139 g/mol. The Kier molecular flexibility index (Phi) is 2.36. The Morgan fingerprint density at radius 2 is 2.10 bits per heavy atom. The lowest BCUT2D eigenvalue weighted by atomic mass is 10.0. The zero-order chi connectivity index (χ0) is 7.56. The smallest absolute Gasteiger partial charge is 0.0229 e. The molecule has 0 radical (unpaired) electrons. The Morgan fingerprint density at radius 3 is 2.80 bits per heavy atom. The molecular weight excluding hydrogens is 122 g/mol. The van der Waals surface area contributed by atoms with Crippen molar-refractivity contribution in [1.82, 2.24) is 5.32 Å². The number of nitrogens with one attached hydrogen (secondary N) is 1. The van der Waals surface area contributed by atoms with Crippen LogP contribution in [0, 0.1) is 5.92 Å². The molecule has 0 bridgehead atoms. The molecule has 1 rings (SSSR count). The van der Waals surface area contributed by atoms with Crippen LogP contribution in [0.15, 0.2) is 12.3 Å². The molecule has 1 heterocycles. The van der Waals surface area contributed by atoms with Crippen LogP contribution in [0.4, 0.5) is 0 Å². The van der Waals surface area contributed by atoms with Gasteiger partial charge in [-0.1, -0.05) is 19.9 Å². The molecule has 58 valence electrons. The first-order valence-corrected chi connectivity index (χ1v) is 4.15.